The zero-order valence-corrected chi connectivity index (χ0v) is 54.1. The second-order valence-corrected chi connectivity index (χ2v) is 23.8. The predicted octanol–water partition coefficient (Wildman–Crippen LogP) is 24.4. The molecule has 0 rings (SSSR count). The van der Waals surface area contributed by atoms with E-state index in [-0.39, 0.29) is 31.1 Å². The van der Waals surface area contributed by atoms with Gasteiger partial charge in [-0.15, -0.1) is 0 Å². The van der Waals surface area contributed by atoms with Crippen molar-refractivity contribution >= 4 is 17.9 Å². The molecule has 0 aromatic rings. The van der Waals surface area contributed by atoms with Gasteiger partial charge in [-0.1, -0.05) is 351 Å². The number of ether oxygens (including phenoxy) is 3. The average molecular weight is 1130 g/mol. The first-order chi connectivity index (χ1) is 40.0. The summed E-state index contributed by atoms with van der Waals surface area (Å²) in [5, 5.41) is 0. The zero-order valence-electron chi connectivity index (χ0n) is 54.1. The molecule has 6 nitrogen and oxygen atoms in total. The second-order valence-electron chi connectivity index (χ2n) is 23.8. The highest BCUT2D eigenvalue weighted by Crippen LogP contribution is 2.18. The van der Waals surface area contributed by atoms with Crippen molar-refractivity contribution in [2.24, 2.45) is 0 Å². The first kappa shape index (κ1) is 77.9. The highest BCUT2D eigenvalue weighted by molar-refractivity contribution is 5.71. The van der Waals surface area contributed by atoms with Gasteiger partial charge in [0.25, 0.3) is 0 Å². The van der Waals surface area contributed by atoms with E-state index in [2.05, 4.69) is 93.7 Å². The Morgan fingerprint density at radius 1 is 0.259 bits per heavy atom. The van der Waals surface area contributed by atoms with Crippen molar-refractivity contribution in [2.75, 3.05) is 13.2 Å². The summed E-state index contributed by atoms with van der Waals surface area (Å²) in [6, 6.07) is 0. The Morgan fingerprint density at radius 2 is 0.481 bits per heavy atom. The van der Waals surface area contributed by atoms with Gasteiger partial charge in [-0.3, -0.25) is 14.4 Å². The Balaban J connectivity index is 4.17. The number of carbonyl (C=O) groups excluding carboxylic acids is 3. The Kier molecular flexibility index (Phi) is 66.6. The normalized spacial score (nSPS) is 12.5. The molecule has 6 heteroatoms. The van der Waals surface area contributed by atoms with Crippen molar-refractivity contribution in [1.29, 1.82) is 0 Å². The topological polar surface area (TPSA) is 78.9 Å². The van der Waals surface area contributed by atoms with E-state index in [1.165, 1.54) is 231 Å². The molecule has 0 aliphatic rings. The maximum absolute atomic E-state index is 12.9. The van der Waals surface area contributed by atoms with E-state index in [1.807, 2.05) is 0 Å². The van der Waals surface area contributed by atoms with E-state index < -0.39 is 6.10 Å². The lowest BCUT2D eigenvalue weighted by Crippen LogP contribution is -2.30. The third-order valence-electron chi connectivity index (χ3n) is 15.7. The van der Waals surface area contributed by atoms with Gasteiger partial charge in [0.05, 0.1) is 0 Å². The fourth-order valence-corrected chi connectivity index (χ4v) is 10.5. The lowest BCUT2D eigenvalue weighted by atomic mass is 10.0. The van der Waals surface area contributed by atoms with Crippen LogP contribution < -0.4 is 0 Å². The predicted molar refractivity (Wildman–Crippen MR) is 353 cm³/mol. The lowest BCUT2D eigenvalue weighted by molar-refractivity contribution is -0.167. The van der Waals surface area contributed by atoms with Gasteiger partial charge in [-0.25, -0.2) is 0 Å². The summed E-state index contributed by atoms with van der Waals surface area (Å²) < 4.78 is 17.0. The molecule has 81 heavy (non-hydrogen) atoms. The minimum absolute atomic E-state index is 0.0677. The van der Waals surface area contributed by atoms with E-state index in [9.17, 15) is 14.4 Å². The first-order valence-electron chi connectivity index (χ1n) is 35.4. The molecular formula is C75H134O6. The second kappa shape index (κ2) is 69.3. The molecule has 0 aliphatic heterocycles. The Bertz CT molecular complexity index is 1490. The summed E-state index contributed by atoms with van der Waals surface area (Å²) in [5.74, 6) is -0.843. The van der Waals surface area contributed by atoms with Crippen molar-refractivity contribution in [3.8, 4) is 0 Å². The molecule has 1 atom stereocenters. The number of allylic oxidation sites excluding steroid dienone is 12. The van der Waals surface area contributed by atoms with E-state index >= 15 is 0 Å². The summed E-state index contributed by atoms with van der Waals surface area (Å²) in [5.41, 5.74) is 0. The lowest BCUT2D eigenvalue weighted by Gasteiger charge is -2.18. The van der Waals surface area contributed by atoms with Gasteiger partial charge < -0.3 is 14.2 Å². The van der Waals surface area contributed by atoms with Crippen LogP contribution in [0.25, 0.3) is 0 Å². The van der Waals surface area contributed by atoms with Gasteiger partial charge in [0.15, 0.2) is 6.10 Å². The van der Waals surface area contributed by atoms with Crippen LogP contribution in [0.15, 0.2) is 72.9 Å². The van der Waals surface area contributed by atoms with Gasteiger partial charge in [-0.05, 0) is 70.6 Å². The molecule has 0 spiro atoms. The molecule has 1 unspecified atom stereocenters. The largest absolute Gasteiger partial charge is 0.462 e. The fraction of sp³-hybridized carbons (Fsp3) is 0.800. The van der Waals surface area contributed by atoms with Crippen LogP contribution in [-0.4, -0.2) is 37.2 Å². The summed E-state index contributed by atoms with van der Waals surface area (Å²) in [6.07, 6.45) is 90.7. The molecule has 0 bridgehead atoms. The Labute approximate surface area is 503 Å². The van der Waals surface area contributed by atoms with Crippen LogP contribution in [0.4, 0.5) is 0 Å². The molecular weight excluding hydrogens is 997 g/mol. The van der Waals surface area contributed by atoms with Crippen LogP contribution in [0, 0.1) is 0 Å². The van der Waals surface area contributed by atoms with E-state index in [1.54, 1.807) is 0 Å². The first-order valence-corrected chi connectivity index (χ1v) is 35.4. The van der Waals surface area contributed by atoms with Crippen molar-refractivity contribution in [2.45, 2.75) is 374 Å². The number of rotatable bonds is 65. The van der Waals surface area contributed by atoms with Crippen molar-refractivity contribution in [3.63, 3.8) is 0 Å². The van der Waals surface area contributed by atoms with Crippen LogP contribution in [0.1, 0.15) is 367 Å². The third kappa shape index (κ3) is 67.5. The number of hydrogen-bond donors (Lipinski definition) is 0. The molecule has 0 aliphatic carbocycles. The molecule has 0 amide bonds. The summed E-state index contributed by atoms with van der Waals surface area (Å²) in [7, 11) is 0. The van der Waals surface area contributed by atoms with E-state index in [4.69, 9.17) is 14.2 Å². The number of unbranched alkanes of at least 4 members (excludes halogenated alkanes) is 42. The SMILES string of the molecule is CC/C=C\C/C=C\C/C=C\C/C=C\C/C=C\C/C=C\CCCCCCCCCCCCCCCCC(=O)OCC(COC(=O)CCCCCCCCCCCCCCCCC)OC(=O)CCCCCCCCCCCCCCCCC. The molecule has 0 fully saturated rings. The minimum Gasteiger partial charge on any atom is -0.462 e. The van der Waals surface area contributed by atoms with Gasteiger partial charge in [0.2, 0.25) is 0 Å². The highest BCUT2D eigenvalue weighted by atomic mass is 16.6. The summed E-state index contributed by atoms with van der Waals surface area (Å²) >= 11 is 0. The van der Waals surface area contributed by atoms with Gasteiger partial charge in [0, 0.05) is 19.3 Å². The zero-order chi connectivity index (χ0) is 58.5. The molecule has 0 N–H and O–H groups in total. The van der Waals surface area contributed by atoms with E-state index in [0.29, 0.717) is 19.3 Å². The maximum atomic E-state index is 12.9. The van der Waals surface area contributed by atoms with E-state index in [0.717, 1.165) is 96.3 Å². The Hall–Kier alpha value is -3.15. The summed E-state index contributed by atoms with van der Waals surface area (Å²) in [6.45, 7) is 6.59. The number of carbonyl (C=O) groups is 3. The molecule has 0 heterocycles. The van der Waals surface area contributed by atoms with Gasteiger partial charge >= 0.3 is 17.9 Å². The molecule has 0 saturated carbocycles. The van der Waals surface area contributed by atoms with Crippen LogP contribution in [0.5, 0.6) is 0 Å². The average Bonchev–Trinajstić information content (AvgIpc) is 3.47. The van der Waals surface area contributed by atoms with Crippen molar-refractivity contribution in [1.82, 2.24) is 0 Å². The smallest absolute Gasteiger partial charge is 0.306 e. The molecule has 0 aromatic heterocycles. The third-order valence-corrected chi connectivity index (χ3v) is 15.7. The Morgan fingerprint density at radius 3 is 0.753 bits per heavy atom. The summed E-state index contributed by atoms with van der Waals surface area (Å²) in [4.78, 5) is 38.4. The van der Waals surface area contributed by atoms with Crippen LogP contribution in [0.2, 0.25) is 0 Å². The standard InChI is InChI=1S/C75H134O6/c1-4-7-10-13-16-19-22-25-28-29-30-31-32-33-34-35-36-37-38-39-40-41-42-43-44-45-48-50-53-56-59-62-65-68-74(77)80-71-72(81-75(78)69-66-63-60-57-54-51-47-27-24-21-18-15-12-9-6-3)70-79-73(76)67-64-61-58-55-52-49-46-26-23-20-17-14-11-8-5-2/h7,10,16,19,25,28,30-31,33-34,36-37,72H,4-6,8-9,11-15,17-18,20-24,26-27,29,32,35,38-71H2,1-3H3/b10-7-,19-16-,28-25-,31-30-,34-33-,37-36-. The van der Waals surface area contributed by atoms with Crippen LogP contribution in [0.3, 0.4) is 0 Å². The number of hydrogen-bond acceptors (Lipinski definition) is 6. The maximum Gasteiger partial charge on any atom is 0.306 e. The molecule has 470 valence electrons. The van der Waals surface area contributed by atoms with Crippen LogP contribution >= 0.6 is 0 Å². The van der Waals surface area contributed by atoms with Gasteiger partial charge in [-0.2, -0.15) is 0 Å². The molecule has 0 radical (unpaired) electrons. The van der Waals surface area contributed by atoms with Crippen molar-refractivity contribution < 1.29 is 28.6 Å². The van der Waals surface area contributed by atoms with Crippen molar-refractivity contribution in [3.05, 3.63) is 72.9 Å². The molecule has 0 saturated heterocycles. The minimum atomic E-state index is -0.771. The number of esters is 3. The highest BCUT2D eigenvalue weighted by Gasteiger charge is 2.19. The fourth-order valence-electron chi connectivity index (χ4n) is 10.5. The van der Waals surface area contributed by atoms with Gasteiger partial charge in [0.1, 0.15) is 13.2 Å². The quantitative estimate of drug-likeness (QED) is 0.0261. The molecule has 0 aromatic carbocycles. The van der Waals surface area contributed by atoms with Crippen LogP contribution in [-0.2, 0) is 28.6 Å². The monoisotopic (exact) mass is 1130 g/mol.